The lowest BCUT2D eigenvalue weighted by molar-refractivity contribution is 1.64. The minimum Gasteiger partial charge on any atom is -0.0622 e. The fourth-order valence-electron chi connectivity index (χ4n) is 1.94. The van der Waals surface area contributed by atoms with Crippen LogP contribution in [0.2, 0.25) is 0 Å². The zero-order valence-corrected chi connectivity index (χ0v) is 8.85. The van der Waals surface area contributed by atoms with E-state index in [2.05, 4.69) is 54.6 Å². The molecule has 0 aliphatic heterocycles. The van der Waals surface area contributed by atoms with E-state index in [1.165, 1.54) is 21.9 Å². The van der Waals surface area contributed by atoms with Gasteiger partial charge in [0.25, 0.3) is 0 Å². The van der Waals surface area contributed by atoms with Crippen molar-refractivity contribution in [2.45, 2.75) is 0 Å². The van der Waals surface area contributed by atoms with Crippen LogP contribution in [0, 0.1) is 6.07 Å². The highest BCUT2D eigenvalue weighted by Gasteiger charge is 1.97. The van der Waals surface area contributed by atoms with E-state index in [1.807, 2.05) is 18.2 Å². The van der Waals surface area contributed by atoms with Crippen molar-refractivity contribution in [3.05, 3.63) is 72.8 Å². The molecule has 0 saturated carbocycles. The van der Waals surface area contributed by atoms with Gasteiger partial charge in [-0.2, -0.15) is 0 Å². The van der Waals surface area contributed by atoms with Crippen LogP contribution in [0.1, 0.15) is 0 Å². The van der Waals surface area contributed by atoms with Crippen LogP contribution in [0.5, 0.6) is 0 Å². The Morgan fingerprint density at radius 2 is 1.56 bits per heavy atom. The van der Waals surface area contributed by atoms with Crippen LogP contribution in [0.25, 0.3) is 21.9 Å². The summed E-state index contributed by atoms with van der Waals surface area (Å²) >= 11 is 0. The molecular weight excluding hydrogens is 192 g/mol. The van der Waals surface area contributed by atoms with E-state index in [1.54, 1.807) is 0 Å². The summed E-state index contributed by atoms with van der Waals surface area (Å²) in [7, 11) is 0. The molecule has 0 N–H and O–H groups in total. The van der Waals surface area contributed by atoms with Gasteiger partial charge in [0.15, 0.2) is 0 Å². The molecular formula is C16H11. The fraction of sp³-hybridized carbons (Fsp3) is 0. The average molecular weight is 203 g/mol. The first-order valence-corrected chi connectivity index (χ1v) is 5.39. The Balaban J connectivity index is 2.19. The van der Waals surface area contributed by atoms with Crippen molar-refractivity contribution in [1.82, 2.24) is 0 Å². The predicted molar refractivity (Wildman–Crippen MR) is 68.2 cm³/mol. The number of hydrogen-bond acceptors (Lipinski definition) is 0. The van der Waals surface area contributed by atoms with Crippen molar-refractivity contribution in [2.75, 3.05) is 0 Å². The molecule has 0 nitrogen and oxygen atoms in total. The minimum absolute atomic E-state index is 1.24. The highest BCUT2D eigenvalue weighted by atomic mass is 14.0. The Kier molecular flexibility index (Phi) is 2.19. The zero-order valence-electron chi connectivity index (χ0n) is 8.85. The van der Waals surface area contributed by atoms with Gasteiger partial charge in [-0.05, 0) is 40.1 Å². The van der Waals surface area contributed by atoms with E-state index < -0.39 is 0 Å². The maximum atomic E-state index is 3.09. The minimum atomic E-state index is 1.24. The van der Waals surface area contributed by atoms with Crippen LogP contribution in [0.4, 0.5) is 0 Å². The summed E-state index contributed by atoms with van der Waals surface area (Å²) in [4.78, 5) is 0. The van der Waals surface area contributed by atoms with Gasteiger partial charge < -0.3 is 0 Å². The second kappa shape index (κ2) is 3.82. The molecule has 0 aliphatic carbocycles. The Morgan fingerprint density at radius 1 is 0.688 bits per heavy atom. The molecule has 0 saturated heterocycles. The molecule has 1 radical (unpaired) electrons. The van der Waals surface area contributed by atoms with Crippen LogP contribution in [0.15, 0.2) is 66.7 Å². The summed E-state index contributed by atoms with van der Waals surface area (Å²) in [5.41, 5.74) is 2.52. The monoisotopic (exact) mass is 203 g/mol. The maximum absolute atomic E-state index is 3.09. The van der Waals surface area contributed by atoms with E-state index in [-0.39, 0.29) is 0 Å². The summed E-state index contributed by atoms with van der Waals surface area (Å²) in [5, 5.41) is 2.50. The van der Waals surface area contributed by atoms with Crippen molar-refractivity contribution < 1.29 is 0 Å². The third kappa shape index (κ3) is 1.59. The van der Waals surface area contributed by atoms with Crippen molar-refractivity contribution >= 4 is 10.8 Å². The first-order chi connectivity index (χ1) is 7.93. The largest absolute Gasteiger partial charge is 0.0622 e. The molecule has 0 fully saturated rings. The third-order valence-corrected chi connectivity index (χ3v) is 2.79. The second-order valence-corrected chi connectivity index (χ2v) is 3.85. The van der Waals surface area contributed by atoms with Gasteiger partial charge in [-0.3, -0.25) is 0 Å². The normalized spacial score (nSPS) is 10.5. The molecule has 16 heavy (non-hydrogen) atoms. The van der Waals surface area contributed by atoms with Gasteiger partial charge in [-0.15, -0.1) is 0 Å². The Labute approximate surface area is 95.2 Å². The van der Waals surface area contributed by atoms with E-state index >= 15 is 0 Å². The predicted octanol–water partition coefficient (Wildman–Crippen LogP) is 4.31. The number of rotatable bonds is 1. The SMILES string of the molecule is [c]1ccc2cc(-c3ccccc3)ccc2c1. The topological polar surface area (TPSA) is 0 Å². The molecule has 0 atom stereocenters. The first-order valence-electron chi connectivity index (χ1n) is 5.39. The van der Waals surface area contributed by atoms with Crippen molar-refractivity contribution in [3.63, 3.8) is 0 Å². The maximum Gasteiger partial charge on any atom is -0.0177 e. The molecule has 0 unspecified atom stereocenters. The molecule has 75 valence electrons. The molecule has 3 rings (SSSR count). The molecule has 0 aliphatic rings. The molecule has 0 amide bonds. The van der Waals surface area contributed by atoms with Crippen molar-refractivity contribution in [3.8, 4) is 11.1 Å². The number of fused-ring (bicyclic) bond motifs is 1. The van der Waals surface area contributed by atoms with Gasteiger partial charge in [0, 0.05) is 0 Å². The number of benzene rings is 3. The fourth-order valence-corrected chi connectivity index (χ4v) is 1.94. The van der Waals surface area contributed by atoms with E-state index in [0.717, 1.165) is 0 Å². The van der Waals surface area contributed by atoms with Gasteiger partial charge in [-0.25, -0.2) is 0 Å². The van der Waals surface area contributed by atoms with Gasteiger partial charge in [0.1, 0.15) is 0 Å². The highest BCUT2D eigenvalue weighted by molar-refractivity contribution is 5.87. The molecule has 0 spiro atoms. The highest BCUT2D eigenvalue weighted by Crippen LogP contribution is 2.23. The van der Waals surface area contributed by atoms with Crippen LogP contribution in [0.3, 0.4) is 0 Å². The van der Waals surface area contributed by atoms with Crippen LogP contribution < -0.4 is 0 Å². The van der Waals surface area contributed by atoms with Crippen molar-refractivity contribution in [2.24, 2.45) is 0 Å². The van der Waals surface area contributed by atoms with E-state index in [0.29, 0.717) is 0 Å². The molecule has 3 aromatic rings. The van der Waals surface area contributed by atoms with Crippen molar-refractivity contribution in [1.29, 1.82) is 0 Å². The molecule has 0 aromatic heterocycles. The van der Waals surface area contributed by atoms with Crippen LogP contribution in [-0.4, -0.2) is 0 Å². The Morgan fingerprint density at radius 3 is 2.44 bits per heavy atom. The standard InChI is InChI=1S/C16H11/c1-2-6-13(7-3-1)16-11-10-14-8-4-5-9-15(14)12-16/h1-3,5-12H. The molecule has 0 heterocycles. The first kappa shape index (κ1) is 9.17. The number of hydrogen-bond donors (Lipinski definition) is 0. The summed E-state index contributed by atoms with van der Waals surface area (Å²) in [6, 6.07) is 26.1. The Hall–Kier alpha value is -2.08. The zero-order chi connectivity index (χ0) is 10.8. The van der Waals surface area contributed by atoms with E-state index in [4.69, 9.17) is 0 Å². The Bertz CT molecular complexity index is 609. The van der Waals surface area contributed by atoms with Gasteiger partial charge >= 0.3 is 0 Å². The lowest BCUT2D eigenvalue weighted by Gasteiger charge is -2.03. The molecule has 0 bridgehead atoms. The lowest BCUT2D eigenvalue weighted by Crippen LogP contribution is -1.78. The molecule has 0 heteroatoms. The van der Waals surface area contributed by atoms with Crippen LogP contribution in [-0.2, 0) is 0 Å². The lowest BCUT2D eigenvalue weighted by atomic mass is 10.0. The summed E-state index contributed by atoms with van der Waals surface area (Å²) in [5.74, 6) is 0. The summed E-state index contributed by atoms with van der Waals surface area (Å²) in [6.45, 7) is 0. The quantitative estimate of drug-likeness (QED) is 0.553. The van der Waals surface area contributed by atoms with E-state index in [9.17, 15) is 0 Å². The van der Waals surface area contributed by atoms with Gasteiger partial charge in [0.05, 0.1) is 0 Å². The molecule has 3 aromatic carbocycles. The summed E-state index contributed by atoms with van der Waals surface area (Å²) in [6.07, 6.45) is 0. The second-order valence-electron chi connectivity index (χ2n) is 3.85. The van der Waals surface area contributed by atoms with Gasteiger partial charge in [0.2, 0.25) is 0 Å². The third-order valence-electron chi connectivity index (χ3n) is 2.79. The summed E-state index contributed by atoms with van der Waals surface area (Å²) < 4.78 is 0. The van der Waals surface area contributed by atoms with Crippen LogP contribution >= 0.6 is 0 Å². The van der Waals surface area contributed by atoms with Gasteiger partial charge in [-0.1, -0.05) is 54.6 Å². The smallest absolute Gasteiger partial charge is 0.0177 e. The average Bonchev–Trinajstić information content (AvgIpc) is 2.39.